The summed E-state index contributed by atoms with van der Waals surface area (Å²) in [7, 11) is 3.47. The number of carbonyl (C=O) groups is 1. The predicted octanol–water partition coefficient (Wildman–Crippen LogP) is 1.56. The quantitative estimate of drug-likeness (QED) is 0.809. The summed E-state index contributed by atoms with van der Waals surface area (Å²) in [5.41, 5.74) is 10.4. The van der Waals surface area contributed by atoms with E-state index in [0.29, 0.717) is 13.1 Å². The standard InChI is InChI=1S/C20H30N6O/c1-24(2)20(27)22-13-18-12-19-15-25(9-4-10-26(19)23-18)14-17-6-3-5-16(11-17)7-8-21/h3,5-6,11-12H,4,7-10,13-15,21H2,1-2H3,(H,22,27). The van der Waals surface area contributed by atoms with Crippen LogP contribution in [0.2, 0.25) is 0 Å². The minimum Gasteiger partial charge on any atom is -0.332 e. The highest BCUT2D eigenvalue weighted by atomic mass is 16.2. The van der Waals surface area contributed by atoms with Gasteiger partial charge in [-0.3, -0.25) is 9.58 Å². The first-order valence-corrected chi connectivity index (χ1v) is 9.56. The molecule has 1 aliphatic rings. The first-order chi connectivity index (χ1) is 13.0. The molecule has 3 rings (SSSR count). The van der Waals surface area contributed by atoms with Crippen molar-refractivity contribution in [1.29, 1.82) is 0 Å². The second-order valence-electron chi connectivity index (χ2n) is 7.33. The molecule has 2 aromatic rings. The molecule has 1 aromatic carbocycles. The first-order valence-electron chi connectivity index (χ1n) is 9.56. The van der Waals surface area contributed by atoms with Crippen molar-refractivity contribution in [2.24, 2.45) is 5.73 Å². The van der Waals surface area contributed by atoms with Crippen LogP contribution in [0, 0.1) is 0 Å². The van der Waals surface area contributed by atoms with Gasteiger partial charge in [-0.15, -0.1) is 0 Å². The molecule has 0 unspecified atom stereocenters. The molecule has 0 atom stereocenters. The van der Waals surface area contributed by atoms with Crippen LogP contribution in [-0.4, -0.2) is 52.8 Å². The van der Waals surface area contributed by atoms with Crippen LogP contribution in [0.1, 0.15) is 28.9 Å². The Morgan fingerprint density at radius 3 is 2.85 bits per heavy atom. The highest BCUT2D eigenvalue weighted by Gasteiger charge is 2.17. The smallest absolute Gasteiger partial charge is 0.317 e. The molecule has 0 bridgehead atoms. The van der Waals surface area contributed by atoms with Crippen molar-refractivity contribution in [3.63, 3.8) is 0 Å². The number of amides is 2. The Bertz CT molecular complexity index is 770. The number of carbonyl (C=O) groups excluding carboxylic acids is 1. The minimum absolute atomic E-state index is 0.0998. The molecule has 0 saturated carbocycles. The number of rotatable bonds is 6. The minimum atomic E-state index is -0.0998. The molecule has 7 nitrogen and oxygen atoms in total. The van der Waals surface area contributed by atoms with Crippen molar-refractivity contribution in [1.82, 2.24) is 24.9 Å². The van der Waals surface area contributed by atoms with Crippen molar-refractivity contribution >= 4 is 6.03 Å². The average Bonchev–Trinajstić information content (AvgIpc) is 2.92. The summed E-state index contributed by atoms with van der Waals surface area (Å²) in [6.07, 6.45) is 1.99. The third-order valence-electron chi connectivity index (χ3n) is 4.80. The molecule has 0 radical (unpaired) electrons. The lowest BCUT2D eigenvalue weighted by atomic mass is 10.1. The lowest BCUT2D eigenvalue weighted by molar-refractivity contribution is 0.217. The predicted molar refractivity (Wildman–Crippen MR) is 106 cm³/mol. The van der Waals surface area contributed by atoms with E-state index in [0.717, 1.165) is 44.7 Å². The van der Waals surface area contributed by atoms with Crippen LogP contribution in [-0.2, 0) is 32.6 Å². The number of hydrogen-bond acceptors (Lipinski definition) is 4. The summed E-state index contributed by atoms with van der Waals surface area (Å²) >= 11 is 0. The van der Waals surface area contributed by atoms with Crippen molar-refractivity contribution < 1.29 is 4.79 Å². The zero-order valence-electron chi connectivity index (χ0n) is 16.3. The molecular weight excluding hydrogens is 340 g/mol. The highest BCUT2D eigenvalue weighted by molar-refractivity contribution is 5.73. The number of nitrogens with zero attached hydrogens (tertiary/aromatic N) is 4. The molecule has 0 spiro atoms. The van der Waals surface area contributed by atoms with Gasteiger partial charge < -0.3 is 16.0 Å². The first kappa shape index (κ1) is 19.4. The van der Waals surface area contributed by atoms with Gasteiger partial charge in [0.15, 0.2) is 0 Å². The Kier molecular flexibility index (Phi) is 6.47. The van der Waals surface area contributed by atoms with Crippen LogP contribution in [0.5, 0.6) is 0 Å². The lowest BCUT2D eigenvalue weighted by Crippen LogP contribution is -2.34. The lowest BCUT2D eigenvalue weighted by Gasteiger charge is -2.20. The topological polar surface area (TPSA) is 79.4 Å². The van der Waals surface area contributed by atoms with Crippen molar-refractivity contribution in [3.05, 3.63) is 52.8 Å². The van der Waals surface area contributed by atoms with Gasteiger partial charge in [0.1, 0.15) is 0 Å². The van der Waals surface area contributed by atoms with E-state index in [2.05, 4.69) is 50.3 Å². The fourth-order valence-electron chi connectivity index (χ4n) is 3.44. The van der Waals surface area contributed by atoms with E-state index < -0.39 is 0 Å². The maximum Gasteiger partial charge on any atom is 0.317 e. The molecular formula is C20H30N6O. The Morgan fingerprint density at radius 1 is 1.26 bits per heavy atom. The summed E-state index contributed by atoms with van der Waals surface area (Å²) in [5, 5.41) is 7.54. The van der Waals surface area contributed by atoms with Gasteiger partial charge in [0, 0.05) is 40.3 Å². The number of nitrogens with one attached hydrogen (secondary N) is 1. The molecule has 3 N–H and O–H groups in total. The zero-order valence-corrected chi connectivity index (χ0v) is 16.3. The molecule has 2 heterocycles. The fourth-order valence-corrected chi connectivity index (χ4v) is 3.44. The third kappa shape index (κ3) is 5.30. The van der Waals surface area contributed by atoms with E-state index >= 15 is 0 Å². The van der Waals surface area contributed by atoms with Crippen LogP contribution in [0.15, 0.2) is 30.3 Å². The molecule has 7 heteroatoms. The van der Waals surface area contributed by atoms with Gasteiger partial charge in [0.05, 0.1) is 17.9 Å². The maximum absolute atomic E-state index is 11.7. The summed E-state index contributed by atoms with van der Waals surface area (Å²) in [6, 6.07) is 10.7. The summed E-state index contributed by atoms with van der Waals surface area (Å²) in [5.74, 6) is 0. The van der Waals surface area contributed by atoms with Gasteiger partial charge in [-0.1, -0.05) is 24.3 Å². The number of fused-ring (bicyclic) bond motifs is 1. The molecule has 1 aliphatic heterocycles. The number of benzene rings is 1. The van der Waals surface area contributed by atoms with Crippen molar-refractivity contribution in [2.75, 3.05) is 27.2 Å². The molecule has 0 fully saturated rings. The number of aromatic nitrogens is 2. The second-order valence-corrected chi connectivity index (χ2v) is 7.33. The molecule has 0 saturated heterocycles. The van der Waals surface area contributed by atoms with Crippen LogP contribution in [0.25, 0.3) is 0 Å². The van der Waals surface area contributed by atoms with Gasteiger partial charge in [-0.25, -0.2) is 4.79 Å². The monoisotopic (exact) mass is 370 g/mol. The maximum atomic E-state index is 11.7. The molecule has 2 amide bonds. The Morgan fingerprint density at radius 2 is 2.07 bits per heavy atom. The van der Waals surface area contributed by atoms with Crippen LogP contribution in [0.3, 0.4) is 0 Å². The molecule has 1 aromatic heterocycles. The molecule has 0 aliphatic carbocycles. The third-order valence-corrected chi connectivity index (χ3v) is 4.80. The highest BCUT2D eigenvalue weighted by Crippen LogP contribution is 2.17. The van der Waals surface area contributed by atoms with E-state index in [-0.39, 0.29) is 6.03 Å². The van der Waals surface area contributed by atoms with E-state index in [1.165, 1.54) is 21.7 Å². The Hall–Kier alpha value is -2.38. The molecule has 146 valence electrons. The Balaban J connectivity index is 1.63. The van der Waals surface area contributed by atoms with Gasteiger partial charge in [-0.2, -0.15) is 5.10 Å². The van der Waals surface area contributed by atoms with Crippen LogP contribution < -0.4 is 11.1 Å². The molecule has 27 heavy (non-hydrogen) atoms. The number of urea groups is 1. The van der Waals surface area contributed by atoms with Crippen molar-refractivity contribution in [3.8, 4) is 0 Å². The summed E-state index contributed by atoms with van der Waals surface area (Å²) < 4.78 is 2.09. The van der Waals surface area contributed by atoms with E-state index in [1.807, 2.05) is 0 Å². The Labute approximate surface area is 161 Å². The number of hydrogen-bond donors (Lipinski definition) is 2. The normalized spacial score (nSPS) is 14.5. The summed E-state index contributed by atoms with van der Waals surface area (Å²) in [6.45, 7) is 4.90. The van der Waals surface area contributed by atoms with E-state index in [9.17, 15) is 4.79 Å². The number of aryl methyl sites for hydroxylation is 1. The van der Waals surface area contributed by atoms with Gasteiger partial charge in [0.2, 0.25) is 0 Å². The van der Waals surface area contributed by atoms with Gasteiger partial charge in [-0.05, 0) is 36.6 Å². The van der Waals surface area contributed by atoms with Crippen LogP contribution in [0.4, 0.5) is 4.79 Å². The van der Waals surface area contributed by atoms with E-state index in [4.69, 9.17) is 5.73 Å². The average molecular weight is 371 g/mol. The van der Waals surface area contributed by atoms with Gasteiger partial charge in [0.25, 0.3) is 0 Å². The van der Waals surface area contributed by atoms with Gasteiger partial charge >= 0.3 is 6.03 Å². The largest absolute Gasteiger partial charge is 0.332 e. The zero-order chi connectivity index (χ0) is 19.2. The number of nitrogens with two attached hydrogens (primary N) is 1. The second kappa shape index (κ2) is 9.01. The van der Waals surface area contributed by atoms with E-state index in [1.54, 1.807) is 14.1 Å². The fraction of sp³-hybridized carbons (Fsp3) is 0.500. The SMILES string of the molecule is CN(C)C(=O)NCc1cc2n(n1)CCCN(Cc1cccc(CCN)c1)C2. The van der Waals surface area contributed by atoms with Crippen molar-refractivity contribution in [2.45, 2.75) is 39.0 Å². The van der Waals surface area contributed by atoms with Crippen LogP contribution >= 0.6 is 0 Å². The summed E-state index contributed by atoms with van der Waals surface area (Å²) in [4.78, 5) is 15.7.